The molecule has 194 valence electrons. The van der Waals surface area contributed by atoms with Gasteiger partial charge in [-0.15, -0.1) is 0 Å². The molecule has 4 saturated carbocycles. The molecule has 35 heavy (non-hydrogen) atoms. The fourth-order valence-electron chi connectivity index (χ4n) is 7.55. The number of rotatable bonds is 8. The molecule has 1 N–H and O–H groups in total. The topological polar surface area (TPSA) is 63.6 Å². The van der Waals surface area contributed by atoms with Crippen LogP contribution in [0.3, 0.4) is 0 Å². The van der Waals surface area contributed by atoms with E-state index >= 15 is 0 Å². The molecule has 0 saturated heterocycles. The first-order valence-corrected chi connectivity index (χ1v) is 14.7. The van der Waals surface area contributed by atoms with E-state index in [0.29, 0.717) is 29.1 Å². The molecule has 4 aliphatic carbocycles. The molecule has 0 aromatic carbocycles. The van der Waals surface area contributed by atoms with Gasteiger partial charge in [0.2, 0.25) is 0 Å². The minimum Gasteiger partial charge on any atom is -0.461 e. The molecule has 4 aliphatic rings. The SMILES string of the molecule is C=C1CCC(OC(=O)CBr)CC1=CC=C1CCCC2(C)C1CCC2C1(CCC(=O)C(C)(C)O)CC1. The second kappa shape index (κ2) is 10.3. The number of esters is 1. The van der Waals surface area contributed by atoms with Crippen molar-refractivity contribution in [3.05, 3.63) is 35.5 Å². The number of hydrogen-bond donors (Lipinski definition) is 1. The van der Waals surface area contributed by atoms with Gasteiger partial charge in [0, 0.05) is 12.8 Å². The highest BCUT2D eigenvalue weighted by Gasteiger charge is 2.60. The van der Waals surface area contributed by atoms with Crippen molar-refractivity contribution in [2.45, 2.75) is 110 Å². The minimum atomic E-state index is -1.22. The summed E-state index contributed by atoms with van der Waals surface area (Å²) in [5.41, 5.74) is 3.35. The number of Topliss-reactive ketones (excluding diaryl/α,β-unsaturated/α-hetero) is 1. The maximum absolute atomic E-state index is 12.4. The van der Waals surface area contributed by atoms with Crippen LogP contribution in [-0.4, -0.2) is 33.9 Å². The number of allylic oxidation sites excluding steroid dienone is 4. The Hall–Kier alpha value is -1.20. The molecule has 4 fully saturated rings. The highest BCUT2D eigenvalue weighted by molar-refractivity contribution is 9.09. The van der Waals surface area contributed by atoms with Gasteiger partial charge in [-0.1, -0.05) is 52.7 Å². The first-order chi connectivity index (χ1) is 16.5. The molecular formula is C30H43BrO4. The van der Waals surface area contributed by atoms with Crippen LogP contribution in [0.1, 0.15) is 97.8 Å². The number of fused-ring (bicyclic) bond motifs is 1. The molecule has 0 amide bonds. The van der Waals surface area contributed by atoms with Gasteiger partial charge < -0.3 is 9.84 Å². The van der Waals surface area contributed by atoms with Gasteiger partial charge in [-0.25, -0.2) is 0 Å². The molecule has 4 atom stereocenters. The summed E-state index contributed by atoms with van der Waals surface area (Å²) in [6.45, 7) is 10.0. The average Bonchev–Trinajstić information content (AvgIpc) is 3.50. The summed E-state index contributed by atoms with van der Waals surface area (Å²) < 4.78 is 5.59. The third-order valence-corrected chi connectivity index (χ3v) is 10.2. The summed E-state index contributed by atoms with van der Waals surface area (Å²) in [5, 5.41) is 10.3. The summed E-state index contributed by atoms with van der Waals surface area (Å²) in [6.07, 6.45) is 17.1. The van der Waals surface area contributed by atoms with Crippen LogP contribution in [0.4, 0.5) is 0 Å². The highest BCUT2D eigenvalue weighted by atomic mass is 79.9. The van der Waals surface area contributed by atoms with Crippen molar-refractivity contribution in [1.82, 2.24) is 0 Å². The Morgan fingerprint density at radius 2 is 1.91 bits per heavy atom. The zero-order chi connectivity index (χ0) is 25.4. The highest BCUT2D eigenvalue weighted by Crippen LogP contribution is 2.70. The third-order valence-electron chi connectivity index (χ3n) is 9.70. The summed E-state index contributed by atoms with van der Waals surface area (Å²) in [5.74, 6) is 1.06. The Labute approximate surface area is 219 Å². The molecule has 0 radical (unpaired) electrons. The molecule has 5 heteroatoms. The number of hydrogen-bond acceptors (Lipinski definition) is 4. The van der Waals surface area contributed by atoms with Crippen molar-refractivity contribution in [2.75, 3.05) is 5.33 Å². The van der Waals surface area contributed by atoms with E-state index in [-0.39, 0.29) is 23.2 Å². The van der Waals surface area contributed by atoms with Crippen LogP contribution in [0.2, 0.25) is 0 Å². The van der Waals surface area contributed by atoms with Crippen molar-refractivity contribution >= 4 is 27.7 Å². The van der Waals surface area contributed by atoms with Gasteiger partial charge in [-0.3, -0.25) is 9.59 Å². The summed E-state index contributed by atoms with van der Waals surface area (Å²) in [6, 6.07) is 0. The van der Waals surface area contributed by atoms with Crippen molar-refractivity contribution < 1.29 is 19.4 Å². The largest absolute Gasteiger partial charge is 0.461 e. The number of alkyl halides is 1. The standard InChI is InChI=1S/C30H43BrO4/c1-20-7-10-23(35-27(33)19-31)18-22(20)9-8-21-6-5-14-29(4)24(21)11-12-25(29)30(16-17-30)15-13-26(32)28(2,3)34/h8-9,23-25,34H,1,5-7,10-19H2,2-4H3. The lowest BCUT2D eigenvalue weighted by molar-refractivity contribution is -0.146. The second-order valence-electron chi connectivity index (χ2n) is 12.4. The number of halogens is 1. The molecule has 0 bridgehead atoms. The van der Waals surface area contributed by atoms with Crippen LogP contribution in [0.5, 0.6) is 0 Å². The van der Waals surface area contributed by atoms with Crippen LogP contribution in [0.25, 0.3) is 0 Å². The predicted octanol–water partition coefficient (Wildman–Crippen LogP) is 7.00. The van der Waals surface area contributed by atoms with E-state index in [1.54, 1.807) is 19.4 Å². The average molecular weight is 548 g/mol. The van der Waals surface area contributed by atoms with Crippen LogP contribution in [0.15, 0.2) is 35.5 Å². The van der Waals surface area contributed by atoms with Crippen LogP contribution < -0.4 is 0 Å². The van der Waals surface area contributed by atoms with Gasteiger partial charge in [0.25, 0.3) is 0 Å². The fourth-order valence-corrected chi connectivity index (χ4v) is 7.68. The smallest absolute Gasteiger partial charge is 0.316 e. The van der Waals surface area contributed by atoms with E-state index in [2.05, 4.69) is 41.6 Å². The Morgan fingerprint density at radius 3 is 2.57 bits per heavy atom. The molecule has 0 aliphatic heterocycles. The predicted molar refractivity (Wildman–Crippen MR) is 143 cm³/mol. The maximum atomic E-state index is 12.4. The lowest BCUT2D eigenvalue weighted by Gasteiger charge is -2.45. The molecule has 0 aromatic heterocycles. The first kappa shape index (κ1) is 26.9. The maximum Gasteiger partial charge on any atom is 0.316 e. The van der Waals surface area contributed by atoms with Crippen molar-refractivity contribution in [3.8, 4) is 0 Å². The molecule has 4 rings (SSSR count). The quantitative estimate of drug-likeness (QED) is 0.263. The molecular weight excluding hydrogens is 504 g/mol. The normalized spacial score (nSPS) is 34.7. The number of ketones is 1. The van der Waals surface area contributed by atoms with E-state index in [4.69, 9.17) is 4.74 Å². The van der Waals surface area contributed by atoms with E-state index in [0.717, 1.165) is 32.1 Å². The Kier molecular flexibility index (Phi) is 7.89. The zero-order valence-electron chi connectivity index (χ0n) is 21.8. The van der Waals surface area contributed by atoms with E-state index in [9.17, 15) is 14.7 Å². The summed E-state index contributed by atoms with van der Waals surface area (Å²) >= 11 is 3.19. The number of carbonyl (C=O) groups is 2. The van der Waals surface area contributed by atoms with Gasteiger partial charge in [-0.05, 0) is 106 Å². The summed E-state index contributed by atoms with van der Waals surface area (Å²) in [7, 11) is 0. The monoisotopic (exact) mass is 546 g/mol. The van der Waals surface area contributed by atoms with Crippen molar-refractivity contribution in [1.29, 1.82) is 0 Å². The number of carbonyl (C=O) groups excluding carboxylic acids is 2. The van der Waals surface area contributed by atoms with Crippen LogP contribution >= 0.6 is 15.9 Å². The number of ether oxygens (including phenoxy) is 1. The van der Waals surface area contributed by atoms with Gasteiger partial charge in [0.15, 0.2) is 5.78 Å². The Balaban J connectivity index is 1.46. The van der Waals surface area contributed by atoms with Crippen LogP contribution in [-0.2, 0) is 14.3 Å². The lowest BCUT2D eigenvalue weighted by atomic mass is 9.59. The fraction of sp³-hybridized carbons (Fsp3) is 0.733. The molecule has 0 heterocycles. The number of aliphatic hydroxyl groups is 1. The summed E-state index contributed by atoms with van der Waals surface area (Å²) in [4.78, 5) is 24.2. The molecule has 0 spiro atoms. The van der Waals surface area contributed by atoms with Crippen LogP contribution in [0, 0.1) is 22.7 Å². The van der Waals surface area contributed by atoms with Gasteiger partial charge >= 0.3 is 5.97 Å². The zero-order valence-corrected chi connectivity index (χ0v) is 23.4. The minimum absolute atomic E-state index is 0.0212. The van der Waals surface area contributed by atoms with Gasteiger partial charge in [-0.2, -0.15) is 0 Å². The first-order valence-electron chi connectivity index (χ1n) is 13.6. The molecule has 4 nitrogen and oxygen atoms in total. The van der Waals surface area contributed by atoms with Gasteiger partial charge in [0.1, 0.15) is 17.0 Å². The molecule has 0 aromatic rings. The van der Waals surface area contributed by atoms with Crippen molar-refractivity contribution in [3.63, 3.8) is 0 Å². The van der Waals surface area contributed by atoms with E-state index < -0.39 is 5.60 Å². The van der Waals surface area contributed by atoms with Gasteiger partial charge in [0.05, 0.1) is 0 Å². The Morgan fingerprint density at radius 1 is 1.17 bits per heavy atom. The second-order valence-corrected chi connectivity index (χ2v) is 13.0. The Bertz CT molecular complexity index is 919. The third kappa shape index (κ3) is 5.71. The molecule has 4 unspecified atom stereocenters. The lowest BCUT2D eigenvalue weighted by Crippen LogP contribution is -2.38. The van der Waals surface area contributed by atoms with E-state index in [1.807, 2.05) is 0 Å². The van der Waals surface area contributed by atoms with E-state index in [1.165, 1.54) is 49.7 Å². The van der Waals surface area contributed by atoms with Crippen molar-refractivity contribution in [2.24, 2.45) is 22.7 Å².